The molecule has 1 saturated heterocycles. The maximum absolute atomic E-state index is 13.1. The molecule has 35 heavy (non-hydrogen) atoms. The van der Waals surface area contributed by atoms with Crippen LogP contribution in [0.3, 0.4) is 0 Å². The number of carbonyl (C=O) groups excluding carboxylic acids is 4. The second-order valence-electron chi connectivity index (χ2n) is 9.51. The summed E-state index contributed by atoms with van der Waals surface area (Å²) in [6.45, 7) is 3.35. The van der Waals surface area contributed by atoms with Crippen LogP contribution in [0, 0.1) is 37.5 Å². The first-order valence-corrected chi connectivity index (χ1v) is 12.3. The molecule has 3 fully saturated rings. The standard InChI is InChI=1S/C26H24Cl2N2O5/c1-12-3-4-13(2)18(9-12)29-19(31)11-35-26(34)14-5-7-15(8-6-14)30-24(32)20-16-10-17(21(20)25(30)33)23(28)22(16)27/h3-9,16-17,20-23H,10-11H2,1-2H3,(H,29,31)/t16-,17-,20-,21-,22-,23+/m1/s1. The molecule has 1 N–H and O–H groups in total. The summed E-state index contributed by atoms with van der Waals surface area (Å²) < 4.78 is 5.13. The Morgan fingerprint density at radius 2 is 1.57 bits per heavy atom. The summed E-state index contributed by atoms with van der Waals surface area (Å²) in [5.74, 6) is -2.74. The fourth-order valence-electron chi connectivity index (χ4n) is 5.62. The van der Waals surface area contributed by atoms with Crippen molar-refractivity contribution >= 4 is 58.3 Å². The Morgan fingerprint density at radius 3 is 2.17 bits per heavy atom. The maximum atomic E-state index is 13.1. The number of amides is 3. The molecule has 0 aromatic heterocycles. The van der Waals surface area contributed by atoms with Crippen molar-refractivity contribution in [2.75, 3.05) is 16.8 Å². The first kappa shape index (κ1) is 23.8. The highest BCUT2D eigenvalue weighted by Crippen LogP contribution is 2.59. The van der Waals surface area contributed by atoms with Crippen LogP contribution in [-0.4, -0.2) is 41.1 Å². The molecule has 7 nitrogen and oxygen atoms in total. The zero-order valence-electron chi connectivity index (χ0n) is 19.2. The van der Waals surface area contributed by atoms with Crippen LogP contribution in [0.25, 0.3) is 0 Å². The van der Waals surface area contributed by atoms with E-state index < -0.39 is 30.3 Å². The van der Waals surface area contributed by atoms with E-state index in [1.165, 1.54) is 29.2 Å². The normalized spacial score (nSPS) is 28.9. The van der Waals surface area contributed by atoms with E-state index >= 15 is 0 Å². The topological polar surface area (TPSA) is 92.8 Å². The molecule has 6 atom stereocenters. The number of halogens is 2. The van der Waals surface area contributed by atoms with Crippen molar-refractivity contribution in [3.63, 3.8) is 0 Å². The van der Waals surface area contributed by atoms with Gasteiger partial charge in [-0.1, -0.05) is 12.1 Å². The van der Waals surface area contributed by atoms with Crippen molar-refractivity contribution in [1.29, 1.82) is 0 Å². The van der Waals surface area contributed by atoms with E-state index in [2.05, 4.69) is 5.32 Å². The lowest BCUT2D eigenvalue weighted by molar-refractivity contribution is -0.123. The number of carbonyl (C=O) groups is 4. The van der Waals surface area contributed by atoms with Gasteiger partial charge in [0.2, 0.25) is 11.8 Å². The van der Waals surface area contributed by atoms with E-state index in [-0.39, 0.29) is 40.0 Å². The average Bonchev–Trinajstić information content (AvgIpc) is 3.45. The van der Waals surface area contributed by atoms with Gasteiger partial charge < -0.3 is 10.1 Å². The number of nitrogens with one attached hydrogen (secondary N) is 1. The van der Waals surface area contributed by atoms with E-state index in [1.807, 2.05) is 32.0 Å². The lowest BCUT2D eigenvalue weighted by Gasteiger charge is -2.28. The smallest absolute Gasteiger partial charge is 0.338 e. The van der Waals surface area contributed by atoms with Crippen LogP contribution in [0.4, 0.5) is 11.4 Å². The van der Waals surface area contributed by atoms with Crippen LogP contribution < -0.4 is 10.2 Å². The van der Waals surface area contributed by atoms with Gasteiger partial charge in [0.25, 0.3) is 5.91 Å². The number of benzene rings is 2. The summed E-state index contributed by atoms with van der Waals surface area (Å²) in [4.78, 5) is 52.0. The first-order chi connectivity index (χ1) is 16.7. The number of anilines is 2. The average molecular weight is 515 g/mol. The Kier molecular flexibility index (Phi) is 6.09. The number of fused-ring (bicyclic) bond motifs is 5. The molecule has 1 aliphatic heterocycles. The molecule has 2 aromatic carbocycles. The van der Waals surface area contributed by atoms with Gasteiger partial charge in [0, 0.05) is 5.69 Å². The third-order valence-corrected chi connectivity index (χ3v) is 8.67. The minimum Gasteiger partial charge on any atom is -0.452 e. The monoisotopic (exact) mass is 514 g/mol. The highest BCUT2D eigenvalue weighted by atomic mass is 35.5. The van der Waals surface area contributed by atoms with E-state index in [0.717, 1.165) is 11.1 Å². The molecule has 2 aliphatic carbocycles. The molecule has 182 valence electrons. The summed E-state index contributed by atoms with van der Waals surface area (Å²) in [7, 11) is 0. The minimum absolute atomic E-state index is 0.0976. The van der Waals surface area contributed by atoms with Crippen molar-refractivity contribution < 1.29 is 23.9 Å². The molecule has 5 rings (SSSR count). The van der Waals surface area contributed by atoms with Crippen LogP contribution in [0.2, 0.25) is 0 Å². The summed E-state index contributed by atoms with van der Waals surface area (Å²) in [5.41, 5.74) is 3.15. The van der Waals surface area contributed by atoms with Crippen molar-refractivity contribution in [3.05, 3.63) is 59.2 Å². The van der Waals surface area contributed by atoms with Crippen LogP contribution in [0.1, 0.15) is 27.9 Å². The molecule has 0 unspecified atom stereocenters. The summed E-state index contributed by atoms with van der Waals surface area (Å²) >= 11 is 12.8. The van der Waals surface area contributed by atoms with Crippen molar-refractivity contribution in [3.8, 4) is 0 Å². The molecular weight excluding hydrogens is 491 g/mol. The lowest BCUT2D eigenvalue weighted by Crippen LogP contribution is -2.37. The molecule has 2 bridgehead atoms. The number of hydrogen-bond acceptors (Lipinski definition) is 5. The van der Waals surface area contributed by atoms with Crippen LogP contribution >= 0.6 is 23.2 Å². The van der Waals surface area contributed by atoms with Gasteiger partial charge in [-0.05, 0) is 73.6 Å². The van der Waals surface area contributed by atoms with E-state index in [0.29, 0.717) is 17.8 Å². The van der Waals surface area contributed by atoms with Gasteiger partial charge in [-0.3, -0.25) is 19.3 Å². The third kappa shape index (κ3) is 4.00. The fraction of sp³-hybridized carbons (Fsp3) is 0.385. The lowest BCUT2D eigenvalue weighted by atomic mass is 9.80. The minimum atomic E-state index is -0.684. The van der Waals surface area contributed by atoms with Crippen molar-refractivity contribution in [2.45, 2.75) is 31.0 Å². The molecule has 3 amide bonds. The number of alkyl halides is 2. The molecular formula is C26H24Cl2N2O5. The predicted octanol–water partition coefficient (Wildman–Crippen LogP) is 4.07. The Bertz CT molecular complexity index is 1200. The van der Waals surface area contributed by atoms with Gasteiger partial charge in [0.1, 0.15) is 0 Å². The molecule has 1 heterocycles. The Morgan fingerprint density at radius 1 is 0.971 bits per heavy atom. The second-order valence-corrected chi connectivity index (χ2v) is 10.5. The molecule has 2 aromatic rings. The molecule has 9 heteroatoms. The SMILES string of the molecule is Cc1ccc(C)c(NC(=O)COC(=O)c2ccc(N3C(=O)[C@@H]4[C@H]5C[C@@H]([C@@H](Cl)[C@H]5Cl)[C@H]4C3=O)cc2)c1. The van der Waals surface area contributed by atoms with Crippen molar-refractivity contribution in [2.24, 2.45) is 23.7 Å². The number of rotatable bonds is 5. The van der Waals surface area contributed by atoms with Crippen LogP contribution in [-0.2, 0) is 19.1 Å². The maximum Gasteiger partial charge on any atom is 0.338 e. The van der Waals surface area contributed by atoms with Gasteiger partial charge in [0.15, 0.2) is 6.61 Å². The second kappa shape index (κ2) is 8.95. The molecule has 2 saturated carbocycles. The van der Waals surface area contributed by atoms with Gasteiger partial charge in [-0.15, -0.1) is 23.2 Å². The quantitative estimate of drug-likeness (QED) is 0.368. The molecule has 3 aliphatic rings. The third-order valence-electron chi connectivity index (χ3n) is 7.35. The van der Waals surface area contributed by atoms with E-state index in [1.54, 1.807) is 0 Å². The van der Waals surface area contributed by atoms with Crippen LogP contribution in [0.15, 0.2) is 42.5 Å². The predicted molar refractivity (Wildman–Crippen MR) is 132 cm³/mol. The zero-order valence-corrected chi connectivity index (χ0v) is 20.7. The Labute approximate surface area is 212 Å². The van der Waals surface area contributed by atoms with Crippen LogP contribution in [0.5, 0.6) is 0 Å². The Balaban J connectivity index is 1.22. The number of nitrogens with zero attached hydrogens (tertiary/aromatic N) is 1. The number of hydrogen-bond donors (Lipinski definition) is 1. The molecule has 0 radical (unpaired) electrons. The van der Waals surface area contributed by atoms with E-state index in [9.17, 15) is 19.2 Å². The molecule has 0 spiro atoms. The van der Waals surface area contributed by atoms with Gasteiger partial charge in [-0.25, -0.2) is 4.79 Å². The number of ether oxygens (including phenoxy) is 1. The van der Waals surface area contributed by atoms with E-state index in [4.69, 9.17) is 27.9 Å². The first-order valence-electron chi connectivity index (χ1n) is 11.5. The van der Waals surface area contributed by atoms with Gasteiger partial charge >= 0.3 is 5.97 Å². The van der Waals surface area contributed by atoms with Gasteiger partial charge in [-0.2, -0.15) is 0 Å². The zero-order chi connectivity index (χ0) is 25.0. The largest absolute Gasteiger partial charge is 0.452 e. The number of esters is 1. The Hall–Kier alpha value is -2.90. The number of aryl methyl sites for hydroxylation is 2. The summed E-state index contributed by atoms with van der Waals surface area (Å²) in [5, 5.41) is 2.10. The summed E-state index contributed by atoms with van der Waals surface area (Å²) in [6.07, 6.45) is 0.699. The summed E-state index contributed by atoms with van der Waals surface area (Å²) in [6, 6.07) is 11.7. The highest BCUT2D eigenvalue weighted by Gasteiger charge is 2.66. The highest BCUT2D eigenvalue weighted by molar-refractivity contribution is 6.32. The van der Waals surface area contributed by atoms with Gasteiger partial charge in [0.05, 0.1) is 33.8 Å². The number of imide groups is 1. The fourth-order valence-corrected chi connectivity index (χ4v) is 6.51. The van der Waals surface area contributed by atoms with Crippen molar-refractivity contribution in [1.82, 2.24) is 0 Å².